The second kappa shape index (κ2) is 8.05. The number of rotatable bonds is 4. The minimum atomic E-state index is -0.210. The molecule has 0 N–H and O–H groups in total. The van der Waals surface area contributed by atoms with Crippen LogP contribution in [-0.4, -0.2) is 35.5 Å². The van der Waals surface area contributed by atoms with Crippen LogP contribution in [-0.2, 0) is 9.59 Å². The highest BCUT2D eigenvalue weighted by Gasteiger charge is 2.41. The first kappa shape index (κ1) is 19.7. The quantitative estimate of drug-likeness (QED) is 0.641. The average Bonchev–Trinajstić information content (AvgIpc) is 3.15. The number of unbranched alkanes of at least 4 members (excludes halogenated alkanes) is 1. The summed E-state index contributed by atoms with van der Waals surface area (Å²) in [6, 6.07) is 14.8. The molecule has 148 valence electrons. The summed E-state index contributed by atoms with van der Waals surface area (Å²) in [6.07, 6.45) is 1.90. The van der Waals surface area contributed by atoms with Crippen molar-refractivity contribution in [1.29, 1.82) is 0 Å². The Morgan fingerprint density at radius 1 is 1.03 bits per heavy atom. The van der Waals surface area contributed by atoms with Crippen LogP contribution in [0.15, 0.2) is 58.4 Å². The first-order valence-corrected chi connectivity index (χ1v) is 10.7. The lowest BCUT2D eigenvalue weighted by molar-refractivity contribution is -0.121. The van der Waals surface area contributed by atoms with Gasteiger partial charge in [0.1, 0.15) is 0 Å². The zero-order valence-electron chi connectivity index (χ0n) is 16.2. The number of anilines is 1. The highest BCUT2D eigenvalue weighted by molar-refractivity contribution is 8.18. The van der Waals surface area contributed by atoms with Gasteiger partial charge in [0.25, 0.3) is 11.8 Å². The number of carbonyl (C=O) groups is 2. The third-order valence-corrected chi connectivity index (χ3v) is 6.30. The van der Waals surface area contributed by atoms with E-state index in [1.807, 2.05) is 24.3 Å². The summed E-state index contributed by atoms with van der Waals surface area (Å²) >= 11 is 7.18. The number of halogens is 1. The number of benzene rings is 2. The molecule has 7 heteroatoms. The molecule has 1 fully saturated rings. The van der Waals surface area contributed by atoms with Gasteiger partial charge in [0, 0.05) is 24.2 Å². The Bertz CT molecular complexity index is 1050. The van der Waals surface area contributed by atoms with E-state index in [0.717, 1.165) is 24.1 Å². The maximum Gasteiger partial charge on any atom is 0.267 e. The maximum absolute atomic E-state index is 13.2. The normalized spacial score (nSPS) is 20.2. The van der Waals surface area contributed by atoms with Gasteiger partial charge in [-0.1, -0.05) is 43.1 Å². The molecule has 0 unspecified atom stereocenters. The Labute approximate surface area is 179 Å². The van der Waals surface area contributed by atoms with Gasteiger partial charge in [0.2, 0.25) is 0 Å². The van der Waals surface area contributed by atoms with E-state index in [2.05, 4.69) is 11.9 Å². The number of hydrogen-bond donors (Lipinski definition) is 0. The van der Waals surface area contributed by atoms with Gasteiger partial charge in [-0.3, -0.25) is 14.5 Å². The standard InChI is InChI=1S/C22H20ClN3O2S/c1-3-4-13-26-17-8-6-5-7-16(17)18(20(26)27)19-21(28)25(2)22(29-19)24-15-11-9-14(23)10-12-15/h5-12H,3-4,13H2,1-2H3. The molecule has 2 aliphatic heterocycles. The van der Waals surface area contributed by atoms with Crippen LogP contribution in [0.3, 0.4) is 0 Å². The van der Waals surface area contributed by atoms with Crippen LogP contribution in [0, 0.1) is 0 Å². The molecule has 29 heavy (non-hydrogen) atoms. The molecule has 5 nitrogen and oxygen atoms in total. The number of nitrogens with zero attached hydrogens (tertiary/aromatic N) is 3. The van der Waals surface area contributed by atoms with Crippen molar-refractivity contribution in [2.45, 2.75) is 19.8 Å². The van der Waals surface area contributed by atoms with E-state index in [-0.39, 0.29) is 11.8 Å². The number of para-hydroxylation sites is 1. The maximum atomic E-state index is 13.2. The topological polar surface area (TPSA) is 53.0 Å². The molecule has 0 aliphatic carbocycles. The van der Waals surface area contributed by atoms with Gasteiger partial charge < -0.3 is 4.90 Å². The number of amidine groups is 1. The van der Waals surface area contributed by atoms with Crippen LogP contribution in [0.2, 0.25) is 5.02 Å². The number of thioether (sulfide) groups is 1. The number of amides is 2. The molecule has 0 bridgehead atoms. The average molecular weight is 426 g/mol. The zero-order valence-corrected chi connectivity index (χ0v) is 17.8. The summed E-state index contributed by atoms with van der Waals surface area (Å²) in [6.45, 7) is 2.74. The van der Waals surface area contributed by atoms with E-state index in [9.17, 15) is 9.59 Å². The molecular formula is C22H20ClN3O2S. The first-order chi connectivity index (χ1) is 14.0. The molecule has 2 amide bonds. The highest BCUT2D eigenvalue weighted by atomic mass is 35.5. The molecule has 0 atom stereocenters. The van der Waals surface area contributed by atoms with Crippen LogP contribution in [0.4, 0.5) is 11.4 Å². The zero-order chi connectivity index (χ0) is 20.5. The van der Waals surface area contributed by atoms with Crippen molar-refractivity contribution < 1.29 is 9.59 Å². The third-order valence-electron chi connectivity index (χ3n) is 4.92. The van der Waals surface area contributed by atoms with E-state index in [1.165, 1.54) is 16.7 Å². The first-order valence-electron chi connectivity index (χ1n) is 9.47. The van der Waals surface area contributed by atoms with Crippen LogP contribution in [0.1, 0.15) is 25.3 Å². The Balaban J connectivity index is 1.75. The van der Waals surface area contributed by atoms with E-state index in [0.29, 0.717) is 32.9 Å². The molecular weight excluding hydrogens is 406 g/mol. The van der Waals surface area contributed by atoms with Crippen molar-refractivity contribution in [3.8, 4) is 0 Å². The molecule has 0 saturated carbocycles. The number of fused-ring (bicyclic) bond motifs is 1. The van der Waals surface area contributed by atoms with Crippen molar-refractivity contribution in [2.75, 3.05) is 18.5 Å². The van der Waals surface area contributed by atoms with Gasteiger partial charge in [-0.05, 0) is 48.5 Å². The molecule has 4 rings (SSSR count). The summed E-state index contributed by atoms with van der Waals surface area (Å²) in [4.78, 5) is 34.5. The van der Waals surface area contributed by atoms with Gasteiger partial charge in [-0.15, -0.1) is 0 Å². The Hall–Kier alpha value is -2.57. The van der Waals surface area contributed by atoms with Gasteiger partial charge in [0.05, 0.1) is 21.9 Å². The Kier molecular flexibility index (Phi) is 5.48. The monoisotopic (exact) mass is 425 g/mol. The second-order valence-corrected chi connectivity index (χ2v) is 8.28. The number of likely N-dealkylation sites (N-methyl/N-ethyl adjacent to an activating group) is 1. The van der Waals surface area contributed by atoms with Gasteiger partial charge >= 0.3 is 0 Å². The van der Waals surface area contributed by atoms with Crippen LogP contribution < -0.4 is 4.90 Å². The lowest BCUT2D eigenvalue weighted by atomic mass is 10.1. The molecule has 2 aromatic rings. The molecule has 0 spiro atoms. The van der Waals surface area contributed by atoms with Crippen LogP contribution >= 0.6 is 23.4 Å². The van der Waals surface area contributed by atoms with Crippen LogP contribution in [0.5, 0.6) is 0 Å². The summed E-state index contributed by atoms with van der Waals surface area (Å²) < 4.78 is 0. The minimum absolute atomic E-state index is 0.114. The molecule has 0 aromatic heterocycles. The summed E-state index contributed by atoms with van der Waals surface area (Å²) in [5.41, 5.74) is 2.85. The third kappa shape index (κ3) is 3.58. The van der Waals surface area contributed by atoms with Crippen molar-refractivity contribution in [3.63, 3.8) is 0 Å². The van der Waals surface area contributed by atoms with E-state index >= 15 is 0 Å². The lowest BCUT2D eigenvalue weighted by Crippen LogP contribution is -2.28. The van der Waals surface area contributed by atoms with E-state index < -0.39 is 0 Å². The number of hydrogen-bond acceptors (Lipinski definition) is 4. The molecule has 1 saturated heterocycles. The van der Waals surface area contributed by atoms with Gasteiger partial charge in [-0.25, -0.2) is 4.99 Å². The van der Waals surface area contributed by atoms with Crippen molar-refractivity contribution in [3.05, 3.63) is 64.0 Å². The largest absolute Gasteiger partial charge is 0.308 e. The minimum Gasteiger partial charge on any atom is -0.308 e. The molecule has 2 aromatic carbocycles. The van der Waals surface area contributed by atoms with E-state index in [1.54, 1.807) is 36.2 Å². The fourth-order valence-electron chi connectivity index (χ4n) is 3.36. The van der Waals surface area contributed by atoms with Gasteiger partial charge in [-0.2, -0.15) is 0 Å². The molecule has 2 heterocycles. The van der Waals surface area contributed by atoms with Crippen molar-refractivity contribution in [1.82, 2.24) is 4.90 Å². The Morgan fingerprint density at radius 2 is 1.76 bits per heavy atom. The van der Waals surface area contributed by atoms with Crippen molar-refractivity contribution in [2.24, 2.45) is 4.99 Å². The number of aliphatic imine (C=N–C) groups is 1. The SMILES string of the molecule is CCCCN1C(=O)C(=C2SC(=Nc3ccc(Cl)cc3)N(C)C2=O)c2ccccc21. The summed E-state index contributed by atoms with van der Waals surface area (Å²) in [7, 11) is 1.68. The molecule has 2 aliphatic rings. The van der Waals surface area contributed by atoms with Crippen LogP contribution in [0.25, 0.3) is 5.57 Å². The highest BCUT2D eigenvalue weighted by Crippen LogP contribution is 2.44. The fourth-order valence-corrected chi connectivity index (χ4v) is 4.57. The summed E-state index contributed by atoms with van der Waals surface area (Å²) in [5, 5.41) is 1.16. The molecule has 0 radical (unpaired) electrons. The number of carbonyl (C=O) groups excluding carboxylic acids is 2. The lowest BCUT2D eigenvalue weighted by Gasteiger charge is -2.16. The summed E-state index contributed by atoms with van der Waals surface area (Å²) in [5.74, 6) is -0.324. The fraction of sp³-hybridized carbons (Fsp3) is 0.227. The predicted molar refractivity (Wildman–Crippen MR) is 120 cm³/mol. The predicted octanol–water partition coefficient (Wildman–Crippen LogP) is 5.09. The van der Waals surface area contributed by atoms with Gasteiger partial charge in [0.15, 0.2) is 5.17 Å². The van der Waals surface area contributed by atoms with Crippen molar-refractivity contribution >= 4 is 57.3 Å². The van der Waals surface area contributed by atoms with E-state index in [4.69, 9.17) is 11.6 Å². The Morgan fingerprint density at radius 3 is 2.48 bits per heavy atom. The second-order valence-electron chi connectivity index (χ2n) is 6.87. The smallest absolute Gasteiger partial charge is 0.267 e.